The van der Waals surface area contributed by atoms with Crippen molar-refractivity contribution in [1.82, 2.24) is 4.90 Å². The molecule has 156 valence electrons. The number of halogens is 2. The number of phenols is 1. The van der Waals surface area contributed by atoms with Gasteiger partial charge < -0.3 is 15.2 Å². The van der Waals surface area contributed by atoms with Gasteiger partial charge in [-0.25, -0.2) is 0 Å². The Morgan fingerprint density at radius 1 is 1.30 bits per heavy atom. The van der Waals surface area contributed by atoms with Gasteiger partial charge in [-0.1, -0.05) is 0 Å². The summed E-state index contributed by atoms with van der Waals surface area (Å²) in [4.78, 5) is 38.3. The van der Waals surface area contributed by atoms with Crippen molar-refractivity contribution in [3.63, 3.8) is 0 Å². The molecule has 7 nitrogen and oxygen atoms in total. The highest BCUT2D eigenvalue weighted by molar-refractivity contribution is 14.1. The Balaban J connectivity index is 1.74. The smallest absolute Gasteiger partial charge is 0.294 e. The summed E-state index contributed by atoms with van der Waals surface area (Å²) in [5, 5.41) is 12.2. The molecule has 2 aromatic carbocycles. The van der Waals surface area contributed by atoms with Crippen LogP contribution >= 0.6 is 50.3 Å². The Morgan fingerprint density at radius 2 is 2.00 bits per heavy atom. The molecule has 3 amide bonds. The first-order valence-corrected chi connectivity index (χ1v) is 11.4. The number of amides is 3. The molecule has 2 N–H and O–H groups in total. The van der Waals surface area contributed by atoms with Crippen molar-refractivity contribution in [2.45, 2.75) is 6.92 Å². The number of rotatable bonds is 6. The zero-order valence-corrected chi connectivity index (χ0v) is 20.2. The lowest BCUT2D eigenvalue weighted by Gasteiger charge is -2.12. The molecule has 0 atom stereocenters. The molecule has 1 aliphatic heterocycles. The summed E-state index contributed by atoms with van der Waals surface area (Å²) in [6, 6.07) is 10.3. The number of anilines is 1. The zero-order chi connectivity index (χ0) is 21.8. The summed E-state index contributed by atoms with van der Waals surface area (Å²) in [7, 11) is 0. The molecule has 10 heteroatoms. The Labute approximate surface area is 199 Å². The van der Waals surface area contributed by atoms with Gasteiger partial charge in [-0.15, -0.1) is 0 Å². The first-order chi connectivity index (χ1) is 14.3. The third-order valence-electron chi connectivity index (χ3n) is 3.95. The van der Waals surface area contributed by atoms with Crippen molar-refractivity contribution in [2.24, 2.45) is 0 Å². The lowest BCUT2D eigenvalue weighted by molar-refractivity contribution is -0.127. The van der Waals surface area contributed by atoms with Crippen molar-refractivity contribution in [3.05, 3.63) is 54.9 Å². The Hall–Kier alpha value is -2.05. The predicted molar refractivity (Wildman–Crippen MR) is 127 cm³/mol. The normalized spacial score (nSPS) is 15.0. The minimum Gasteiger partial charge on any atom is -0.503 e. The molecule has 0 aliphatic carbocycles. The number of hydrogen-bond acceptors (Lipinski definition) is 6. The molecule has 2 aromatic rings. The van der Waals surface area contributed by atoms with E-state index in [1.165, 1.54) is 6.08 Å². The van der Waals surface area contributed by atoms with E-state index in [1.807, 2.05) is 12.1 Å². The zero-order valence-electron chi connectivity index (χ0n) is 15.6. The van der Waals surface area contributed by atoms with E-state index in [2.05, 4.69) is 43.8 Å². The Morgan fingerprint density at radius 3 is 2.67 bits per heavy atom. The van der Waals surface area contributed by atoms with Gasteiger partial charge in [0.15, 0.2) is 11.5 Å². The third-order valence-corrected chi connectivity index (χ3v) is 6.18. The summed E-state index contributed by atoms with van der Waals surface area (Å²) in [5.41, 5.74) is 1.15. The van der Waals surface area contributed by atoms with Crippen molar-refractivity contribution < 1.29 is 24.2 Å². The van der Waals surface area contributed by atoms with E-state index in [-0.39, 0.29) is 22.9 Å². The second-order valence-corrected chi connectivity index (χ2v) is 9.20. The molecule has 1 aliphatic rings. The van der Waals surface area contributed by atoms with Gasteiger partial charge in [0.2, 0.25) is 5.91 Å². The van der Waals surface area contributed by atoms with Gasteiger partial charge in [0, 0.05) is 9.26 Å². The quantitative estimate of drug-likeness (QED) is 0.363. The lowest BCUT2D eigenvalue weighted by atomic mass is 10.2. The summed E-state index contributed by atoms with van der Waals surface area (Å²) in [5.74, 6) is -0.806. The molecule has 1 heterocycles. The maximum atomic E-state index is 12.7. The second kappa shape index (κ2) is 9.84. The van der Waals surface area contributed by atoms with Crippen LogP contribution < -0.4 is 10.1 Å². The summed E-state index contributed by atoms with van der Waals surface area (Å²) < 4.78 is 6.80. The minimum absolute atomic E-state index is 0.0469. The number of carbonyl (C=O) groups excluding carboxylic acids is 3. The Bertz CT molecular complexity index is 1040. The van der Waals surface area contributed by atoms with Gasteiger partial charge in [0.05, 0.1) is 16.0 Å². The number of aromatic hydroxyl groups is 1. The number of ether oxygens (including phenoxy) is 1. The van der Waals surface area contributed by atoms with Crippen LogP contribution in [0.5, 0.6) is 11.5 Å². The van der Waals surface area contributed by atoms with Crippen molar-refractivity contribution in [3.8, 4) is 11.5 Å². The van der Waals surface area contributed by atoms with Gasteiger partial charge >= 0.3 is 0 Å². The van der Waals surface area contributed by atoms with Crippen LogP contribution in [-0.2, 0) is 9.59 Å². The molecule has 0 bridgehead atoms. The van der Waals surface area contributed by atoms with Crippen molar-refractivity contribution >= 4 is 79.1 Å². The topological polar surface area (TPSA) is 95.9 Å². The van der Waals surface area contributed by atoms with E-state index in [1.54, 1.807) is 31.2 Å². The van der Waals surface area contributed by atoms with E-state index >= 15 is 0 Å². The standard InChI is InChI=1S/C20H16BrIN2O5S/c1-2-29-15-8-11(7-14(21)18(15)26)9-16-19(27)24(20(28)30-16)10-17(25)23-13-5-3-12(22)4-6-13/h3-9,26H,2,10H2,1H3,(H,23,25)/b16-9+. The van der Waals surface area contributed by atoms with Gasteiger partial charge in [-0.2, -0.15) is 0 Å². The van der Waals surface area contributed by atoms with Crippen molar-refractivity contribution in [2.75, 3.05) is 18.5 Å². The number of benzene rings is 2. The maximum Gasteiger partial charge on any atom is 0.294 e. The van der Waals surface area contributed by atoms with Crippen LogP contribution in [-0.4, -0.2) is 40.2 Å². The van der Waals surface area contributed by atoms with E-state index in [9.17, 15) is 19.5 Å². The first kappa shape index (κ1) is 22.6. The minimum atomic E-state index is -0.551. The number of hydrogen-bond donors (Lipinski definition) is 2. The number of phenolic OH excluding ortho intramolecular Hbond substituents is 1. The van der Waals surface area contributed by atoms with Gasteiger partial charge in [-0.3, -0.25) is 19.3 Å². The molecular formula is C20H16BrIN2O5S. The average Bonchev–Trinajstić information content (AvgIpc) is 2.95. The number of carbonyl (C=O) groups is 3. The number of imide groups is 1. The largest absolute Gasteiger partial charge is 0.503 e. The van der Waals surface area contributed by atoms with Crippen LogP contribution in [0.1, 0.15) is 12.5 Å². The molecule has 0 saturated carbocycles. The monoisotopic (exact) mass is 602 g/mol. The van der Waals surface area contributed by atoms with Crippen LogP contribution in [0.15, 0.2) is 45.8 Å². The molecule has 1 fully saturated rings. The highest BCUT2D eigenvalue weighted by Gasteiger charge is 2.36. The predicted octanol–water partition coefficient (Wildman–Crippen LogP) is 4.83. The van der Waals surface area contributed by atoms with E-state index < -0.39 is 17.1 Å². The third kappa shape index (κ3) is 5.35. The van der Waals surface area contributed by atoms with Crippen LogP contribution in [0.3, 0.4) is 0 Å². The fourth-order valence-electron chi connectivity index (χ4n) is 2.61. The summed E-state index contributed by atoms with van der Waals surface area (Å²) >= 11 is 6.15. The second-order valence-electron chi connectivity index (χ2n) is 6.11. The maximum absolute atomic E-state index is 12.7. The highest BCUT2D eigenvalue weighted by atomic mass is 127. The van der Waals surface area contributed by atoms with E-state index in [0.29, 0.717) is 22.3 Å². The molecule has 0 spiro atoms. The first-order valence-electron chi connectivity index (χ1n) is 8.74. The molecule has 0 radical (unpaired) electrons. The fourth-order valence-corrected chi connectivity index (χ4v) is 4.27. The van der Waals surface area contributed by atoms with Gasteiger partial charge in [0.25, 0.3) is 11.1 Å². The van der Waals surface area contributed by atoms with Gasteiger partial charge in [0.1, 0.15) is 6.54 Å². The highest BCUT2D eigenvalue weighted by Crippen LogP contribution is 2.38. The molecule has 3 rings (SSSR count). The summed E-state index contributed by atoms with van der Waals surface area (Å²) in [6.45, 7) is 1.76. The van der Waals surface area contributed by atoms with E-state index in [4.69, 9.17) is 4.74 Å². The average molecular weight is 603 g/mol. The van der Waals surface area contributed by atoms with Crippen LogP contribution in [0, 0.1) is 3.57 Å². The number of thioether (sulfide) groups is 1. The lowest BCUT2D eigenvalue weighted by Crippen LogP contribution is -2.36. The summed E-state index contributed by atoms with van der Waals surface area (Å²) in [6.07, 6.45) is 1.52. The molecule has 0 aromatic heterocycles. The number of nitrogens with one attached hydrogen (secondary N) is 1. The molecular weight excluding hydrogens is 587 g/mol. The van der Waals surface area contributed by atoms with Gasteiger partial charge in [-0.05, 0) is 105 Å². The SMILES string of the molecule is CCOc1cc(/C=C2/SC(=O)N(CC(=O)Nc3ccc(I)cc3)C2=O)cc(Br)c1O. The Kier molecular flexibility index (Phi) is 7.42. The molecule has 1 saturated heterocycles. The van der Waals surface area contributed by atoms with E-state index in [0.717, 1.165) is 20.2 Å². The van der Waals surface area contributed by atoms with Crippen molar-refractivity contribution in [1.29, 1.82) is 0 Å². The van der Waals surface area contributed by atoms with Crippen LogP contribution in [0.4, 0.5) is 10.5 Å². The fraction of sp³-hybridized carbons (Fsp3) is 0.150. The molecule has 30 heavy (non-hydrogen) atoms. The van der Waals surface area contributed by atoms with Crippen LogP contribution in [0.25, 0.3) is 6.08 Å². The van der Waals surface area contributed by atoms with Crippen LogP contribution in [0.2, 0.25) is 0 Å². The number of nitrogens with zero attached hydrogens (tertiary/aromatic N) is 1. The molecule has 0 unspecified atom stereocenters.